The van der Waals surface area contributed by atoms with Crippen LogP contribution in [0.1, 0.15) is 37.3 Å². The number of nitrogens with zero attached hydrogens (tertiary/aromatic N) is 1. The lowest BCUT2D eigenvalue weighted by atomic mass is 10.1. The van der Waals surface area contributed by atoms with E-state index in [1.807, 2.05) is 32.0 Å². The molecule has 0 radical (unpaired) electrons. The second kappa shape index (κ2) is 7.65. The van der Waals surface area contributed by atoms with E-state index in [4.69, 9.17) is 0 Å². The fourth-order valence-corrected chi connectivity index (χ4v) is 2.78. The first-order chi connectivity index (χ1) is 9.08. The summed E-state index contributed by atoms with van der Waals surface area (Å²) in [6, 6.07) is 6.43. The van der Waals surface area contributed by atoms with Gasteiger partial charge in [0.2, 0.25) is 5.91 Å². The standard InChI is InChI=1S/C16H24N2O.ClH/c1-12-7-6-8-13(2)16(12)17-15(19)11-14(3)18-9-4-5-10-18;/h6-8,14H,4-5,9-11H2,1-3H3,(H,17,19);1H. The molecule has 0 saturated carbocycles. The summed E-state index contributed by atoms with van der Waals surface area (Å²) in [6.07, 6.45) is 3.11. The highest BCUT2D eigenvalue weighted by atomic mass is 35.5. The summed E-state index contributed by atoms with van der Waals surface area (Å²) in [5, 5.41) is 3.07. The van der Waals surface area contributed by atoms with Gasteiger partial charge in [-0.25, -0.2) is 0 Å². The molecule has 1 amide bonds. The van der Waals surface area contributed by atoms with Crippen LogP contribution < -0.4 is 5.32 Å². The predicted molar refractivity (Wildman–Crippen MR) is 86.7 cm³/mol. The Morgan fingerprint density at radius 1 is 1.25 bits per heavy atom. The largest absolute Gasteiger partial charge is 0.326 e. The zero-order valence-corrected chi connectivity index (χ0v) is 13.4. The van der Waals surface area contributed by atoms with Gasteiger partial charge in [0.1, 0.15) is 0 Å². The van der Waals surface area contributed by atoms with Crippen molar-refractivity contribution in [3.8, 4) is 0 Å². The van der Waals surface area contributed by atoms with Crippen molar-refractivity contribution in [2.24, 2.45) is 0 Å². The number of hydrogen-bond acceptors (Lipinski definition) is 2. The van der Waals surface area contributed by atoms with Crippen molar-refractivity contribution < 1.29 is 4.79 Å². The van der Waals surface area contributed by atoms with E-state index in [1.54, 1.807) is 0 Å². The Morgan fingerprint density at radius 3 is 2.35 bits per heavy atom. The lowest BCUT2D eigenvalue weighted by Crippen LogP contribution is -2.33. The summed E-state index contributed by atoms with van der Waals surface area (Å²) < 4.78 is 0. The van der Waals surface area contributed by atoms with Gasteiger partial charge >= 0.3 is 0 Å². The van der Waals surface area contributed by atoms with Gasteiger partial charge in [-0.05, 0) is 57.8 Å². The molecular weight excluding hydrogens is 272 g/mol. The monoisotopic (exact) mass is 296 g/mol. The highest BCUT2D eigenvalue weighted by Crippen LogP contribution is 2.20. The van der Waals surface area contributed by atoms with Gasteiger partial charge in [0.05, 0.1) is 0 Å². The highest BCUT2D eigenvalue weighted by Gasteiger charge is 2.20. The van der Waals surface area contributed by atoms with Crippen LogP contribution in [0, 0.1) is 13.8 Å². The summed E-state index contributed by atoms with van der Waals surface area (Å²) in [5.41, 5.74) is 3.23. The molecule has 20 heavy (non-hydrogen) atoms. The summed E-state index contributed by atoms with van der Waals surface area (Å²) in [4.78, 5) is 14.6. The third kappa shape index (κ3) is 4.22. The number of halogens is 1. The minimum Gasteiger partial charge on any atom is -0.326 e. The zero-order valence-electron chi connectivity index (χ0n) is 12.6. The molecule has 1 atom stereocenters. The second-order valence-corrected chi connectivity index (χ2v) is 5.61. The lowest BCUT2D eigenvalue weighted by molar-refractivity contribution is -0.117. The molecule has 1 aliphatic rings. The van der Waals surface area contributed by atoms with Crippen molar-refractivity contribution in [3.05, 3.63) is 29.3 Å². The average molecular weight is 297 g/mol. The molecule has 3 nitrogen and oxygen atoms in total. The topological polar surface area (TPSA) is 32.3 Å². The molecule has 1 aliphatic heterocycles. The van der Waals surface area contributed by atoms with E-state index < -0.39 is 0 Å². The SMILES string of the molecule is Cc1cccc(C)c1NC(=O)CC(C)N1CCCC1.Cl. The zero-order chi connectivity index (χ0) is 13.8. The highest BCUT2D eigenvalue weighted by molar-refractivity contribution is 5.92. The number of nitrogens with one attached hydrogen (secondary N) is 1. The number of anilines is 1. The Bertz CT molecular complexity index is 436. The first-order valence-electron chi connectivity index (χ1n) is 7.18. The number of amides is 1. The first kappa shape index (κ1) is 17.0. The van der Waals surface area contributed by atoms with Crippen LogP contribution in [0.4, 0.5) is 5.69 Å². The molecular formula is C16H25ClN2O. The third-order valence-electron chi connectivity index (χ3n) is 3.99. The van der Waals surface area contributed by atoms with Crippen molar-refractivity contribution in [2.45, 2.75) is 46.1 Å². The quantitative estimate of drug-likeness (QED) is 0.922. The molecule has 1 heterocycles. The van der Waals surface area contributed by atoms with Crippen LogP contribution in [-0.4, -0.2) is 29.9 Å². The van der Waals surface area contributed by atoms with Crippen LogP contribution in [0.25, 0.3) is 0 Å². The smallest absolute Gasteiger partial charge is 0.225 e. The number of carbonyl (C=O) groups is 1. The molecule has 1 unspecified atom stereocenters. The Hall–Kier alpha value is -1.06. The Morgan fingerprint density at radius 2 is 1.80 bits per heavy atom. The maximum absolute atomic E-state index is 12.1. The number of likely N-dealkylation sites (tertiary alicyclic amines) is 1. The fourth-order valence-electron chi connectivity index (χ4n) is 2.78. The van der Waals surface area contributed by atoms with Crippen LogP contribution in [0.2, 0.25) is 0 Å². The molecule has 0 bridgehead atoms. The van der Waals surface area contributed by atoms with E-state index in [2.05, 4.69) is 17.1 Å². The van der Waals surface area contributed by atoms with Crippen LogP contribution in [0.5, 0.6) is 0 Å². The fraction of sp³-hybridized carbons (Fsp3) is 0.562. The normalized spacial score (nSPS) is 16.6. The van der Waals surface area contributed by atoms with E-state index in [9.17, 15) is 4.79 Å². The van der Waals surface area contributed by atoms with Crippen molar-refractivity contribution in [1.82, 2.24) is 4.90 Å². The molecule has 112 valence electrons. The molecule has 1 aromatic rings. The Kier molecular flexibility index (Phi) is 6.50. The van der Waals surface area contributed by atoms with Crippen LogP contribution in [0.3, 0.4) is 0 Å². The Balaban J connectivity index is 0.00000200. The maximum Gasteiger partial charge on any atom is 0.225 e. The number of benzene rings is 1. The van der Waals surface area contributed by atoms with E-state index >= 15 is 0 Å². The Labute approximate surface area is 128 Å². The number of aryl methyl sites for hydroxylation is 2. The van der Waals surface area contributed by atoms with E-state index in [-0.39, 0.29) is 18.3 Å². The first-order valence-corrected chi connectivity index (χ1v) is 7.18. The van der Waals surface area contributed by atoms with Crippen LogP contribution >= 0.6 is 12.4 Å². The van der Waals surface area contributed by atoms with Gasteiger partial charge in [-0.15, -0.1) is 12.4 Å². The average Bonchev–Trinajstić information content (AvgIpc) is 2.88. The van der Waals surface area contributed by atoms with Gasteiger partial charge in [-0.2, -0.15) is 0 Å². The van der Waals surface area contributed by atoms with Crippen molar-refractivity contribution >= 4 is 24.0 Å². The molecule has 0 aliphatic carbocycles. The van der Waals surface area contributed by atoms with Crippen molar-refractivity contribution in [1.29, 1.82) is 0 Å². The molecule has 4 heteroatoms. The van der Waals surface area contributed by atoms with Gasteiger partial charge in [0.25, 0.3) is 0 Å². The molecule has 1 saturated heterocycles. The van der Waals surface area contributed by atoms with E-state index in [0.29, 0.717) is 12.5 Å². The molecule has 1 N–H and O–H groups in total. The van der Waals surface area contributed by atoms with Crippen LogP contribution in [-0.2, 0) is 4.79 Å². The molecule has 0 spiro atoms. The van der Waals surface area contributed by atoms with Gasteiger partial charge < -0.3 is 10.2 Å². The van der Waals surface area contributed by atoms with Gasteiger partial charge in [0, 0.05) is 18.2 Å². The molecule has 2 rings (SSSR count). The van der Waals surface area contributed by atoms with Crippen molar-refractivity contribution in [2.75, 3.05) is 18.4 Å². The maximum atomic E-state index is 12.1. The van der Waals surface area contributed by atoms with Gasteiger partial charge in [0.15, 0.2) is 0 Å². The van der Waals surface area contributed by atoms with Gasteiger partial charge in [-0.1, -0.05) is 18.2 Å². The number of carbonyl (C=O) groups excluding carboxylic acids is 1. The van der Waals surface area contributed by atoms with Crippen LogP contribution in [0.15, 0.2) is 18.2 Å². The summed E-state index contributed by atoms with van der Waals surface area (Å²) in [6.45, 7) is 8.49. The molecule has 1 aromatic carbocycles. The summed E-state index contributed by atoms with van der Waals surface area (Å²) >= 11 is 0. The van der Waals surface area contributed by atoms with E-state index in [0.717, 1.165) is 29.9 Å². The van der Waals surface area contributed by atoms with E-state index in [1.165, 1.54) is 12.8 Å². The third-order valence-corrected chi connectivity index (χ3v) is 3.99. The summed E-state index contributed by atoms with van der Waals surface area (Å²) in [7, 11) is 0. The predicted octanol–water partition coefficient (Wildman–Crippen LogP) is 3.54. The minimum atomic E-state index is 0. The minimum absolute atomic E-state index is 0. The number of para-hydroxylation sites is 1. The lowest BCUT2D eigenvalue weighted by Gasteiger charge is -2.23. The molecule has 0 aromatic heterocycles. The second-order valence-electron chi connectivity index (χ2n) is 5.61. The summed E-state index contributed by atoms with van der Waals surface area (Å²) in [5.74, 6) is 0.122. The van der Waals surface area contributed by atoms with Gasteiger partial charge in [-0.3, -0.25) is 4.79 Å². The molecule has 1 fully saturated rings. The number of rotatable bonds is 4. The van der Waals surface area contributed by atoms with Crippen molar-refractivity contribution in [3.63, 3.8) is 0 Å². The number of hydrogen-bond donors (Lipinski definition) is 1.